The second kappa shape index (κ2) is 9.14. The van der Waals surface area contributed by atoms with Crippen molar-refractivity contribution in [1.82, 2.24) is 24.8 Å². The van der Waals surface area contributed by atoms with E-state index >= 15 is 0 Å². The number of pyridine rings is 1. The number of carbonyl (C=O) groups excluding carboxylic acids is 2. The molecule has 0 atom stereocenters. The molecule has 2 aliphatic rings. The van der Waals surface area contributed by atoms with Gasteiger partial charge in [0.1, 0.15) is 17.4 Å². The maximum absolute atomic E-state index is 13.3. The third-order valence-electron chi connectivity index (χ3n) is 5.74. The lowest BCUT2D eigenvalue weighted by Gasteiger charge is -2.38. The Morgan fingerprint density at radius 1 is 1.00 bits per heavy atom. The van der Waals surface area contributed by atoms with Crippen LogP contribution in [0, 0.1) is 11.3 Å². The van der Waals surface area contributed by atoms with Gasteiger partial charge >= 0.3 is 6.09 Å². The number of nitrogens with zero attached hydrogens (tertiary/aromatic N) is 6. The quantitative estimate of drug-likeness (QED) is 0.704. The summed E-state index contributed by atoms with van der Waals surface area (Å²) in [6.45, 7) is 6.68. The Balaban J connectivity index is 1.42. The number of hydrogen-bond donors (Lipinski definition) is 0. The summed E-state index contributed by atoms with van der Waals surface area (Å²) < 4.78 is 5.48. The summed E-state index contributed by atoms with van der Waals surface area (Å²) in [4.78, 5) is 42.0. The van der Waals surface area contributed by atoms with Crippen molar-refractivity contribution in [3.63, 3.8) is 0 Å². The van der Waals surface area contributed by atoms with Gasteiger partial charge in [-0.3, -0.25) is 4.79 Å². The Bertz CT molecular complexity index is 1040. The van der Waals surface area contributed by atoms with Gasteiger partial charge in [0.25, 0.3) is 5.91 Å². The maximum atomic E-state index is 13.3. The first-order chi connectivity index (χ1) is 15.7. The van der Waals surface area contributed by atoms with Gasteiger partial charge in [-0.25, -0.2) is 19.7 Å². The molecule has 0 bridgehead atoms. The van der Waals surface area contributed by atoms with Crippen molar-refractivity contribution in [2.75, 3.05) is 13.1 Å². The van der Waals surface area contributed by atoms with E-state index in [-0.39, 0.29) is 29.9 Å². The van der Waals surface area contributed by atoms with Gasteiger partial charge in [0.05, 0.1) is 0 Å². The van der Waals surface area contributed by atoms with E-state index in [1.807, 2.05) is 31.7 Å². The number of aromatic nitrogens is 3. The summed E-state index contributed by atoms with van der Waals surface area (Å²) in [5.41, 5.74) is 1.32. The van der Waals surface area contributed by atoms with Gasteiger partial charge in [-0.1, -0.05) is 0 Å². The molecule has 2 aromatic rings. The van der Waals surface area contributed by atoms with Crippen LogP contribution in [0.5, 0.6) is 0 Å². The second-order valence-corrected chi connectivity index (χ2v) is 9.48. The molecule has 4 rings (SSSR count). The second-order valence-electron chi connectivity index (χ2n) is 9.48. The molecule has 0 spiro atoms. The normalized spacial score (nSPS) is 16.7. The molecule has 1 aliphatic heterocycles. The Morgan fingerprint density at radius 2 is 1.61 bits per heavy atom. The first-order valence-electron chi connectivity index (χ1n) is 11.2. The summed E-state index contributed by atoms with van der Waals surface area (Å²) in [5.74, 6) is -0.000419. The molecular formula is C24H28N6O3. The fourth-order valence-corrected chi connectivity index (χ4v) is 3.97. The predicted octanol–water partition coefficient (Wildman–Crippen LogP) is 3.41. The molecule has 1 aliphatic carbocycles. The van der Waals surface area contributed by atoms with Crippen molar-refractivity contribution < 1.29 is 14.3 Å². The molecule has 0 N–H and O–H groups in total. The van der Waals surface area contributed by atoms with Crippen LogP contribution in [0.15, 0.2) is 30.7 Å². The fourth-order valence-electron chi connectivity index (χ4n) is 3.97. The number of likely N-dealkylation sites (tertiary alicyclic amines) is 1. The Kier molecular flexibility index (Phi) is 6.27. The van der Waals surface area contributed by atoms with E-state index in [4.69, 9.17) is 10.00 Å². The molecule has 1 saturated carbocycles. The summed E-state index contributed by atoms with van der Waals surface area (Å²) in [7, 11) is 0. The van der Waals surface area contributed by atoms with Crippen molar-refractivity contribution in [2.45, 2.75) is 64.1 Å². The van der Waals surface area contributed by atoms with Crippen LogP contribution >= 0.6 is 0 Å². The first-order valence-corrected chi connectivity index (χ1v) is 11.2. The molecule has 33 heavy (non-hydrogen) atoms. The highest BCUT2D eigenvalue weighted by atomic mass is 16.6. The molecule has 0 aromatic carbocycles. The summed E-state index contributed by atoms with van der Waals surface area (Å²) in [6.07, 6.45) is 7.88. The highest BCUT2D eigenvalue weighted by molar-refractivity contribution is 5.91. The third kappa shape index (κ3) is 5.45. The zero-order valence-corrected chi connectivity index (χ0v) is 19.2. The van der Waals surface area contributed by atoms with Crippen LogP contribution < -0.4 is 0 Å². The van der Waals surface area contributed by atoms with E-state index in [9.17, 15) is 9.59 Å². The van der Waals surface area contributed by atoms with E-state index in [0.29, 0.717) is 31.6 Å². The molecule has 2 aromatic heterocycles. The molecule has 172 valence electrons. The van der Waals surface area contributed by atoms with Crippen LogP contribution in [0.25, 0.3) is 11.1 Å². The third-order valence-corrected chi connectivity index (χ3v) is 5.74. The fraction of sp³-hybridized carbons (Fsp3) is 0.500. The molecular weight excluding hydrogens is 420 g/mol. The average Bonchev–Trinajstić information content (AvgIpc) is 3.64. The van der Waals surface area contributed by atoms with Crippen molar-refractivity contribution in [3.8, 4) is 17.2 Å². The van der Waals surface area contributed by atoms with Crippen LogP contribution in [-0.2, 0) is 4.74 Å². The van der Waals surface area contributed by atoms with Crippen LogP contribution in [0.4, 0.5) is 4.79 Å². The largest absolute Gasteiger partial charge is 0.444 e. The number of piperidine rings is 1. The van der Waals surface area contributed by atoms with Crippen LogP contribution in [-0.4, -0.2) is 67.5 Å². The van der Waals surface area contributed by atoms with Gasteiger partial charge in [-0.2, -0.15) is 5.26 Å². The zero-order chi connectivity index (χ0) is 23.6. The Hall–Kier alpha value is -3.54. The predicted molar refractivity (Wildman–Crippen MR) is 120 cm³/mol. The number of rotatable bonds is 4. The molecule has 9 nitrogen and oxygen atoms in total. The van der Waals surface area contributed by atoms with Gasteiger partial charge < -0.3 is 14.5 Å². The SMILES string of the molecule is CC(C)(C)OC(=O)N1CCC(N(C(=O)c2ncc(-c3ccc(C#N)nc3)cn2)C2CC2)CC1. The van der Waals surface area contributed by atoms with E-state index in [2.05, 4.69) is 15.0 Å². The van der Waals surface area contributed by atoms with Gasteiger partial charge in [0.15, 0.2) is 0 Å². The lowest BCUT2D eigenvalue weighted by atomic mass is 10.0. The molecule has 0 unspecified atom stereocenters. The van der Waals surface area contributed by atoms with Gasteiger partial charge in [0, 0.05) is 54.9 Å². The standard InChI is InChI=1S/C24H28N6O3/c1-24(2,3)33-23(32)29-10-8-20(9-11-29)30(19-6-7-19)22(31)21-27-14-17(15-28-21)16-4-5-18(12-25)26-13-16/h4-5,13-15,19-20H,6-11H2,1-3H3. The molecule has 1 saturated heterocycles. The van der Waals surface area contributed by atoms with E-state index in [0.717, 1.165) is 24.0 Å². The van der Waals surface area contributed by atoms with Gasteiger partial charge in [0.2, 0.25) is 5.82 Å². The minimum Gasteiger partial charge on any atom is -0.444 e. The number of ether oxygens (including phenoxy) is 1. The summed E-state index contributed by atoms with van der Waals surface area (Å²) >= 11 is 0. The lowest BCUT2D eigenvalue weighted by molar-refractivity contribution is 0.0141. The number of carbonyl (C=O) groups is 2. The average molecular weight is 449 g/mol. The van der Waals surface area contributed by atoms with Crippen molar-refractivity contribution in [3.05, 3.63) is 42.2 Å². The Labute approximate surface area is 193 Å². The van der Waals surface area contributed by atoms with E-state index in [1.165, 1.54) is 0 Å². The minimum atomic E-state index is -0.527. The van der Waals surface area contributed by atoms with Crippen LogP contribution in [0.1, 0.15) is 62.8 Å². The topological polar surface area (TPSA) is 112 Å². The number of nitriles is 1. The smallest absolute Gasteiger partial charge is 0.410 e. The highest BCUT2D eigenvalue weighted by Crippen LogP contribution is 2.33. The van der Waals surface area contributed by atoms with Gasteiger partial charge in [-0.05, 0) is 58.6 Å². The van der Waals surface area contributed by atoms with Crippen LogP contribution in [0.2, 0.25) is 0 Å². The number of hydrogen-bond acceptors (Lipinski definition) is 7. The first kappa shape index (κ1) is 22.6. The van der Waals surface area contributed by atoms with Crippen LogP contribution in [0.3, 0.4) is 0 Å². The van der Waals surface area contributed by atoms with E-state index in [1.54, 1.807) is 35.6 Å². The summed E-state index contributed by atoms with van der Waals surface area (Å²) in [6, 6.07) is 5.66. The highest BCUT2D eigenvalue weighted by Gasteiger charge is 2.40. The van der Waals surface area contributed by atoms with Crippen molar-refractivity contribution in [1.29, 1.82) is 5.26 Å². The number of amides is 2. The minimum absolute atomic E-state index is 0.0506. The van der Waals surface area contributed by atoms with Crippen molar-refractivity contribution in [2.24, 2.45) is 0 Å². The molecule has 3 heterocycles. The van der Waals surface area contributed by atoms with Crippen molar-refractivity contribution >= 4 is 12.0 Å². The molecule has 0 radical (unpaired) electrons. The monoisotopic (exact) mass is 448 g/mol. The molecule has 9 heteroatoms. The molecule has 2 amide bonds. The van der Waals surface area contributed by atoms with E-state index < -0.39 is 5.60 Å². The van der Waals surface area contributed by atoms with Gasteiger partial charge in [-0.15, -0.1) is 0 Å². The summed E-state index contributed by atoms with van der Waals surface area (Å²) in [5, 5.41) is 8.89. The molecule has 2 fully saturated rings. The zero-order valence-electron chi connectivity index (χ0n) is 19.2. The lowest BCUT2D eigenvalue weighted by Crippen LogP contribution is -2.50. The Morgan fingerprint density at radius 3 is 2.12 bits per heavy atom. The maximum Gasteiger partial charge on any atom is 0.410 e.